The molecule has 9 heteroatoms. The smallest absolute Gasteiger partial charge is 0.258 e. The van der Waals surface area contributed by atoms with Gasteiger partial charge in [-0.05, 0) is 55.2 Å². The second-order valence-electron chi connectivity index (χ2n) is 8.64. The standard InChI is InChI=1S/C25H30N4O4S/c1-3-5-19-17-26-25(27-18-19)28-13-4-6-21(11-14-28)33-22-12-15-29(24(30)16-22)20-7-9-23(10-8-20)34(2,31)32/h7-10,12,15-18,21H,3-6,11,13-14H2,1-2H3. The van der Waals surface area contributed by atoms with Gasteiger partial charge in [-0.15, -0.1) is 0 Å². The van der Waals surface area contributed by atoms with E-state index in [2.05, 4.69) is 21.8 Å². The van der Waals surface area contributed by atoms with Gasteiger partial charge in [0.05, 0.1) is 4.90 Å². The molecule has 1 aliphatic heterocycles. The van der Waals surface area contributed by atoms with Crippen molar-refractivity contribution in [2.75, 3.05) is 24.2 Å². The molecule has 1 fully saturated rings. The summed E-state index contributed by atoms with van der Waals surface area (Å²) in [5, 5.41) is 0. The molecule has 0 amide bonds. The summed E-state index contributed by atoms with van der Waals surface area (Å²) in [6.45, 7) is 3.81. The highest BCUT2D eigenvalue weighted by atomic mass is 32.2. The van der Waals surface area contributed by atoms with E-state index >= 15 is 0 Å². The lowest BCUT2D eigenvalue weighted by atomic mass is 10.1. The van der Waals surface area contributed by atoms with Crippen LogP contribution in [0.3, 0.4) is 0 Å². The minimum Gasteiger partial charge on any atom is -0.490 e. The average Bonchev–Trinajstić information content (AvgIpc) is 3.05. The summed E-state index contributed by atoms with van der Waals surface area (Å²) in [7, 11) is -3.28. The Hall–Kier alpha value is -3.20. The highest BCUT2D eigenvalue weighted by molar-refractivity contribution is 7.90. The number of pyridine rings is 1. The fraction of sp³-hybridized carbons (Fsp3) is 0.400. The second kappa shape index (κ2) is 10.4. The summed E-state index contributed by atoms with van der Waals surface area (Å²) >= 11 is 0. The second-order valence-corrected chi connectivity index (χ2v) is 10.7. The molecule has 0 aliphatic carbocycles. The Kier molecular flexibility index (Phi) is 7.31. The van der Waals surface area contributed by atoms with E-state index in [1.165, 1.54) is 22.8 Å². The van der Waals surface area contributed by atoms with Gasteiger partial charge in [-0.25, -0.2) is 18.4 Å². The van der Waals surface area contributed by atoms with E-state index in [0.717, 1.165) is 63.0 Å². The zero-order valence-corrected chi connectivity index (χ0v) is 20.4. The number of benzene rings is 1. The van der Waals surface area contributed by atoms with E-state index in [9.17, 15) is 13.2 Å². The Morgan fingerprint density at radius 3 is 2.44 bits per heavy atom. The Morgan fingerprint density at radius 2 is 1.79 bits per heavy atom. The highest BCUT2D eigenvalue weighted by Gasteiger charge is 2.20. The predicted octanol–water partition coefficient (Wildman–Crippen LogP) is 3.42. The maximum absolute atomic E-state index is 12.7. The van der Waals surface area contributed by atoms with Crippen LogP contribution in [0.15, 0.2) is 64.7 Å². The van der Waals surface area contributed by atoms with Crippen LogP contribution in [0.5, 0.6) is 5.75 Å². The lowest BCUT2D eigenvalue weighted by Crippen LogP contribution is -2.27. The van der Waals surface area contributed by atoms with Crippen LogP contribution >= 0.6 is 0 Å². The molecular formula is C25H30N4O4S. The summed E-state index contributed by atoms with van der Waals surface area (Å²) in [5.74, 6) is 1.29. The van der Waals surface area contributed by atoms with Crippen molar-refractivity contribution in [2.45, 2.75) is 50.0 Å². The van der Waals surface area contributed by atoms with Crippen molar-refractivity contribution in [1.82, 2.24) is 14.5 Å². The number of aromatic nitrogens is 3. The van der Waals surface area contributed by atoms with E-state index in [-0.39, 0.29) is 16.6 Å². The number of anilines is 1. The summed E-state index contributed by atoms with van der Waals surface area (Å²) in [6.07, 6.45) is 11.4. The average molecular weight is 483 g/mol. The van der Waals surface area contributed by atoms with Gasteiger partial charge >= 0.3 is 0 Å². The monoisotopic (exact) mass is 482 g/mol. The number of aryl methyl sites for hydroxylation is 1. The molecule has 1 aromatic carbocycles. The first-order valence-electron chi connectivity index (χ1n) is 11.6. The normalized spacial score (nSPS) is 16.8. The lowest BCUT2D eigenvalue weighted by Gasteiger charge is -2.21. The first-order valence-corrected chi connectivity index (χ1v) is 13.5. The van der Waals surface area contributed by atoms with Gasteiger partial charge in [-0.2, -0.15) is 0 Å². The number of hydrogen-bond acceptors (Lipinski definition) is 7. The molecule has 0 N–H and O–H groups in total. The van der Waals surface area contributed by atoms with Crippen LogP contribution in [0.1, 0.15) is 38.2 Å². The molecule has 8 nitrogen and oxygen atoms in total. The summed E-state index contributed by atoms with van der Waals surface area (Å²) in [4.78, 5) is 24.2. The first kappa shape index (κ1) is 23.9. The summed E-state index contributed by atoms with van der Waals surface area (Å²) in [5.41, 5.74) is 1.52. The molecule has 2 aromatic heterocycles. The largest absolute Gasteiger partial charge is 0.490 e. The Bertz CT molecular complexity index is 1270. The van der Waals surface area contributed by atoms with Crippen molar-refractivity contribution < 1.29 is 13.2 Å². The third-order valence-electron chi connectivity index (χ3n) is 5.93. The Morgan fingerprint density at radius 1 is 1.06 bits per heavy atom. The fourth-order valence-corrected chi connectivity index (χ4v) is 4.74. The molecule has 4 rings (SSSR count). The van der Waals surface area contributed by atoms with Gasteiger partial charge in [0, 0.05) is 56.1 Å². The van der Waals surface area contributed by atoms with E-state index in [4.69, 9.17) is 4.74 Å². The highest BCUT2D eigenvalue weighted by Crippen LogP contribution is 2.21. The summed E-state index contributed by atoms with van der Waals surface area (Å²) < 4.78 is 30.9. The van der Waals surface area contributed by atoms with Crippen LogP contribution in [0.4, 0.5) is 5.95 Å². The van der Waals surface area contributed by atoms with Gasteiger partial charge in [0.15, 0.2) is 9.84 Å². The van der Waals surface area contributed by atoms with Crippen LogP contribution in [0, 0.1) is 0 Å². The van der Waals surface area contributed by atoms with Gasteiger partial charge in [0.25, 0.3) is 5.56 Å². The fourth-order valence-electron chi connectivity index (χ4n) is 4.11. The predicted molar refractivity (Wildman–Crippen MR) is 132 cm³/mol. The van der Waals surface area contributed by atoms with Crippen molar-refractivity contribution in [1.29, 1.82) is 0 Å². The molecule has 3 heterocycles. The Labute approximate surface area is 200 Å². The number of nitrogens with zero attached hydrogens (tertiary/aromatic N) is 4. The molecule has 0 spiro atoms. The number of sulfone groups is 1. The minimum absolute atomic E-state index is 0.00802. The number of hydrogen-bond donors (Lipinski definition) is 0. The third-order valence-corrected chi connectivity index (χ3v) is 7.05. The molecule has 1 saturated heterocycles. The van der Waals surface area contributed by atoms with Gasteiger partial charge in [0.2, 0.25) is 5.95 Å². The van der Waals surface area contributed by atoms with Crippen LogP contribution in [0.2, 0.25) is 0 Å². The maximum Gasteiger partial charge on any atom is 0.258 e. The first-order chi connectivity index (χ1) is 16.3. The van der Waals surface area contributed by atoms with E-state index in [0.29, 0.717) is 11.4 Å². The van der Waals surface area contributed by atoms with Gasteiger partial charge in [0.1, 0.15) is 11.9 Å². The molecule has 1 atom stereocenters. The summed E-state index contributed by atoms with van der Waals surface area (Å²) in [6, 6.07) is 9.48. The van der Waals surface area contributed by atoms with E-state index in [1.807, 2.05) is 12.4 Å². The molecule has 34 heavy (non-hydrogen) atoms. The molecule has 180 valence electrons. The Balaban J connectivity index is 1.39. The topological polar surface area (TPSA) is 94.4 Å². The van der Waals surface area contributed by atoms with E-state index in [1.54, 1.807) is 24.4 Å². The van der Waals surface area contributed by atoms with Crippen molar-refractivity contribution in [3.8, 4) is 11.4 Å². The lowest BCUT2D eigenvalue weighted by molar-refractivity contribution is 0.187. The van der Waals surface area contributed by atoms with Crippen molar-refractivity contribution in [3.05, 3.63) is 70.9 Å². The SMILES string of the molecule is CCCc1cnc(N2CCCC(Oc3ccn(-c4ccc(S(C)(=O)=O)cc4)c(=O)c3)CC2)nc1. The number of rotatable bonds is 7. The van der Waals surface area contributed by atoms with Crippen molar-refractivity contribution in [2.24, 2.45) is 0 Å². The van der Waals surface area contributed by atoms with E-state index < -0.39 is 9.84 Å². The van der Waals surface area contributed by atoms with Crippen LogP contribution < -0.4 is 15.2 Å². The molecular weight excluding hydrogens is 452 g/mol. The van der Waals surface area contributed by atoms with Gasteiger partial charge < -0.3 is 9.64 Å². The molecule has 3 aromatic rings. The maximum atomic E-state index is 12.7. The molecule has 0 bridgehead atoms. The third kappa shape index (κ3) is 5.83. The zero-order chi connectivity index (χ0) is 24.1. The van der Waals surface area contributed by atoms with Crippen LogP contribution in [-0.2, 0) is 16.3 Å². The van der Waals surface area contributed by atoms with Crippen molar-refractivity contribution in [3.63, 3.8) is 0 Å². The quantitative estimate of drug-likeness (QED) is 0.509. The van der Waals surface area contributed by atoms with Gasteiger partial charge in [-0.1, -0.05) is 13.3 Å². The zero-order valence-electron chi connectivity index (χ0n) is 19.6. The molecule has 1 unspecified atom stereocenters. The van der Waals surface area contributed by atoms with Crippen LogP contribution in [-0.4, -0.2) is 48.4 Å². The minimum atomic E-state index is -3.28. The molecule has 0 saturated carbocycles. The molecule has 1 aliphatic rings. The molecule has 0 radical (unpaired) electrons. The van der Waals surface area contributed by atoms with Crippen LogP contribution in [0.25, 0.3) is 5.69 Å². The number of ether oxygens (including phenoxy) is 1. The van der Waals surface area contributed by atoms with Crippen molar-refractivity contribution >= 4 is 15.8 Å². The van der Waals surface area contributed by atoms with Gasteiger partial charge in [-0.3, -0.25) is 9.36 Å².